The highest BCUT2D eigenvalue weighted by atomic mass is 15.1. The van der Waals surface area contributed by atoms with E-state index in [0.29, 0.717) is 0 Å². The minimum atomic E-state index is 0.839. The Bertz CT molecular complexity index is 865. The van der Waals surface area contributed by atoms with Crippen LogP contribution in [0.15, 0.2) is 24.5 Å². The molecule has 0 amide bonds. The molecule has 1 N–H and O–H groups in total. The summed E-state index contributed by atoms with van der Waals surface area (Å²) in [6.45, 7) is 8.00. The van der Waals surface area contributed by atoms with Gasteiger partial charge in [-0.05, 0) is 52.6 Å². The topological polar surface area (TPSA) is 58.9 Å². The molecule has 6 nitrogen and oxygen atoms in total. The Morgan fingerprint density at radius 3 is 2.62 bits per heavy atom. The lowest BCUT2D eigenvalue weighted by Gasteiger charge is -2.11. The van der Waals surface area contributed by atoms with Crippen LogP contribution >= 0.6 is 0 Å². The number of pyridine rings is 1. The van der Waals surface area contributed by atoms with Crippen molar-refractivity contribution in [3.05, 3.63) is 41.5 Å². The zero-order valence-corrected chi connectivity index (χ0v) is 15.0. The van der Waals surface area contributed by atoms with Crippen LogP contribution in [0.2, 0.25) is 0 Å². The lowest BCUT2D eigenvalue weighted by atomic mass is 10.2. The lowest BCUT2D eigenvalue weighted by molar-refractivity contribution is 0.425. The molecule has 24 heavy (non-hydrogen) atoms. The van der Waals surface area contributed by atoms with Gasteiger partial charge >= 0.3 is 0 Å². The second kappa shape index (κ2) is 6.57. The largest absolute Gasteiger partial charge is 0.368 e. The third kappa shape index (κ3) is 2.97. The summed E-state index contributed by atoms with van der Waals surface area (Å²) < 4.78 is 2.11. The van der Waals surface area contributed by atoms with E-state index >= 15 is 0 Å². The van der Waals surface area contributed by atoms with Crippen molar-refractivity contribution >= 4 is 16.9 Å². The third-order valence-corrected chi connectivity index (χ3v) is 4.25. The van der Waals surface area contributed by atoms with Crippen LogP contribution in [0.1, 0.15) is 17.0 Å². The molecule has 0 fully saturated rings. The van der Waals surface area contributed by atoms with Crippen molar-refractivity contribution in [1.29, 1.82) is 0 Å². The fourth-order valence-electron chi connectivity index (χ4n) is 2.86. The number of nitrogens with zero attached hydrogens (tertiary/aromatic N) is 5. The quantitative estimate of drug-likeness (QED) is 0.782. The highest BCUT2D eigenvalue weighted by Gasteiger charge is 2.18. The van der Waals surface area contributed by atoms with E-state index in [2.05, 4.69) is 57.7 Å². The van der Waals surface area contributed by atoms with Crippen molar-refractivity contribution in [2.75, 3.05) is 32.5 Å². The first-order chi connectivity index (χ1) is 11.5. The van der Waals surface area contributed by atoms with E-state index in [0.717, 1.165) is 47.1 Å². The predicted molar refractivity (Wildman–Crippen MR) is 97.9 cm³/mol. The fourth-order valence-corrected chi connectivity index (χ4v) is 2.86. The minimum absolute atomic E-state index is 0.839. The zero-order chi connectivity index (χ0) is 17.3. The average molecular weight is 324 g/mol. The van der Waals surface area contributed by atoms with E-state index in [1.54, 1.807) is 6.33 Å². The second-order valence-corrected chi connectivity index (χ2v) is 6.33. The van der Waals surface area contributed by atoms with Gasteiger partial charge in [0.25, 0.3) is 0 Å². The summed E-state index contributed by atoms with van der Waals surface area (Å²) in [5.41, 5.74) is 4.20. The Morgan fingerprint density at radius 2 is 1.92 bits per heavy atom. The monoisotopic (exact) mass is 324 g/mol. The molecule has 0 aliphatic rings. The summed E-state index contributed by atoms with van der Waals surface area (Å²) in [6, 6.07) is 6.04. The maximum atomic E-state index is 4.66. The molecule has 3 aromatic rings. The Hall–Kier alpha value is -2.47. The van der Waals surface area contributed by atoms with E-state index in [1.807, 2.05) is 25.1 Å². The number of rotatable bonds is 5. The first kappa shape index (κ1) is 16.4. The molecular weight excluding hydrogens is 300 g/mol. The maximum absolute atomic E-state index is 4.66. The van der Waals surface area contributed by atoms with Crippen LogP contribution < -0.4 is 5.32 Å². The van der Waals surface area contributed by atoms with Crippen LogP contribution in [-0.2, 0) is 0 Å². The van der Waals surface area contributed by atoms with Crippen molar-refractivity contribution < 1.29 is 0 Å². The molecule has 3 rings (SSSR count). The molecule has 0 saturated heterocycles. The average Bonchev–Trinajstić information content (AvgIpc) is 2.79. The van der Waals surface area contributed by atoms with Gasteiger partial charge in [0.15, 0.2) is 5.65 Å². The molecule has 0 spiro atoms. The van der Waals surface area contributed by atoms with E-state index in [9.17, 15) is 0 Å². The van der Waals surface area contributed by atoms with E-state index in [4.69, 9.17) is 0 Å². The van der Waals surface area contributed by atoms with E-state index < -0.39 is 0 Å². The molecule has 0 bridgehead atoms. The summed E-state index contributed by atoms with van der Waals surface area (Å²) in [5.74, 6) is 1.78. The number of likely N-dealkylation sites (N-methyl/N-ethyl adjacent to an activating group) is 1. The van der Waals surface area contributed by atoms with Crippen molar-refractivity contribution in [2.45, 2.75) is 20.8 Å². The van der Waals surface area contributed by atoms with Crippen molar-refractivity contribution in [1.82, 2.24) is 24.4 Å². The summed E-state index contributed by atoms with van der Waals surface area (Å²) in [5, 5.41) is 4.50. The molecule has 3 aromatic heterocycles. The highest BCUT2D eigenvalue weighted by molar-refractivity contribution is 5.92. The van der Waals surface area contributed by atoms with Gasteiger partial charge < -0.3 is 10.2 Å². The Morgan fingerprint density at radius 1 is 1.12 bits per heavy atom. The van der Waals surface area contributed by atoms with E-state index in [1.165, 1.54) is 5.56 Å². The molecule has 0 unspecified atom stereocenters. The number of anilines is 1. The third-order valence-electron chi connectivity index (χ3n) is 4.25. The van der Waals surface area contributed by atoms with Gasteiger partial charge in [-0.1, -0.05) is 6.07 Å². The Balaban J connectivity index is 2.11. The molecule has 126 valence electrons. The van der Waals surface area contributed by atoms with Crippen LogP contribution in [0.25, 0.3) is 16.9 Å². The molecule has 6 heteroatoms. The van der Waals surface area contributed by atoms with Gasteiger partial charge in [-0.25, -0.2) is 15.0 Å². The second-order valence-electron chi connectivity index (χ2n) is 6.33. The van der Waals surface area contributed by atoms with Crippen LogP contribution in [0.5, 0.6) is 0 Å². The van der Waals surface area contributed by atoms with Crippen molar-refractivity contribution in [3.63, 3.8) is 0 Å². The first-order valence-corrected chi connectivity index (χ1v) is 8.14. The molecule has 0 atom stereocenters. The van der Waals surface area contributed by atoms with Crippen LogP contribution in [0, 0.1) is 20.8 Å². The molecule has 3 heterocycles. The molecule has 0 aliphatic carbocycles. The van der Waals surface area contributed by atoms with Crippen molar-refractivity contribution in [2.24, 2.45) is 0 Å². The number of fused-ring (bicyclic) bond motifs is 1. The molecule has 0 aliphatic heterocycles. The van der Waals surface area contributed by atoms with Crippen molar-refractivity contribution in [3.8, 4) is 5.82 Å². The summed E-state index contributed by atoms with van der Waals surface area (Å²) >= 11 is 0. The molecule has 0 radical (unpaired) electrons. The maximum Gasteiger partial charge on any atom is 0.151 e. The predicted octanol–water partition coefficient (Wildman–Crippen LogP) is 2.71. The van der Waals surface area contributed by atoms with Gasteiger partial charge in [0, 0.05) is 24.5 Å². The number of hydrogen-bond donors (Lipinski definition) is 1. The zero-order valence-electron chi connectivity index (χ0n) is 15.0. The smallest absolute Gasteiger partial charge is 0.151 e. The van der Waals surface area contributed by atoms with Gasteiger partial charge in [-0.2, -0.15) is 0 Å². The fraction of sp³-hybridized carbons (Fsp3) is 0.389. The van der Waals surface area contributed by atoms with Gasteiger partial charge in [-0.3, -0.25) is 4.57 Å². The van der Waals surface area contributed by atoms with E-state index in [-0.39, 0.29) is 0 Å². The lowest BCUT2D eigenvalue weighted by Crippen LogP contribution is -2.21. The standard InChI is InChI=1S/C18H24N6/c1-12-7-6-8-15(22-12)24-14(3)13(2)16-17(19-9-10-23(4)5)20-11-21-18(16)24/h6-8,11H,9-10H2,1-5H3,(H,19,20,21). The molecule has 0 aromatic carbocycles. The SMILES string of the molecule is Cc1cccc(-n2c(C)c(C)c3c(NCCN(C)C)ncnc32)n1. The van der Waals surface area contributed by atoms with Gasteiger partial charge in [0.05, 0.1) is 5.39 Å². The number of nitrogens with one attached hydrogen (secondary N) is 1. The summed E-state index contributed by atoms with van der Waals surface area (Å²) in [6.07, 6.45) is 1.62. The number of aryl methyl sites for hydroxylation is 2. The Kier molecular flexibility index (Phi) is 4.49. The van der Waals surface area contributed by atoms with Crippen LogP contribution in [0.3, 0.4) is 0 Å². The van der Waals surface area contributed by atoms with Crippen LogP contribution in [-0.4, -0.2) is 51.6 Å². The summed E-state index contributed by atoms with van der Waals surface area (Å²) in [4.78, 5) is 15.8. The first-order valence-electron chi connectivity index (χ1n) is 8.14. The normalized spacial score (nSPS) is 11.4. The highest BCUT2D eigenvalue weighted by Crippen LogP contribution is 2.30. The molecular formula is C18H24N6. The number of hydrogen-bond acceptors (Lipinski definition) is 5. The van der Waals surface area contributed by atoms with Gasteiger partial charge in [0.1, 0.15) is 18.0 Å². The Labute approximate surface area is 142 Å². The van der Waals surface area contributed by atoms with Crippen LogP contribution in [0.4, 0.5) is 5.82 Å². The minimum Gasteiger partial charge on any atom is -0.368 e. The molecule has 0 saturated carbocycles. The number of aromatic nitrogens is 4. The summed E-state index contributed by atoms with van der Waals surface area (Å²) in [7, 11) is 4.12. The van der Waals surface area contributed by atoms with Gasteiger partial charge in [0.2, 0.25) is 0 Å². The van der Waals surface area contributed by atoms with Gasteiger partial charge in [-0.15, -0.1) is 0 Å².